The highest BCUT2D eigenvalue weighted by atomic mass is 35.5. The van der Waals surface area contributed by atoms with Crippen LogP contribution >= 0.6 is 34.7 Å². The first-order chi connectivity index (χ1) is 12.0. The van der Waals surface area contributed by atoms with E-state index in [9.17, 15) is 10.1 Å². The van der Waals surface area contributed by atoms with Crippen molar-refractivity contribution in [3.63, 3.8) is 0 Å². The third-order valence-electron chi connectivity index (χ3n) is 3.53. The Morgan fingerprint density at radius 3 is 2.72 bits per heavy atom. The second-order valence-electron chi connectivity index (χ2n) is 5.05. The zero-order valence-corrected chi connectivity index (χ0v) is 15.6. The third kappa shape index (κ3) is 3.14. The van der Waals surface area contributed by atoms with Crippen LogP contribution in [0.5, 0.6) is 0 Å². The number of thiazole rings is 1. The van der Waals surface area contributed by atoms with Crippen molar-refractivity contribution in [2.24, 2.45) is 0 Å². The molecule has 2 N–H and O–H groups in total. The van der Waals surface area contributed by atoms with E-state index in [1.165, 1.54) is 27.5 Å². The Kier molecular flexibility index (Phi) is 4.81. The summed E-state index contributed by atoms with van der Waals surface area (Å²) < 4.78 is 1.53. The predicted molar refractivity (Wildman–Crippen MR) is 99.6 cm³/mol. The van der Waals surface area contributed by atoms with E-state index in [0.717, 1.165) is 0 Å². The molecule has 0 saturated heterocycles. The van der Waals surface area contributed by atoms with Gasteiger partial charge in [-0.3, -0.25) is 14.6 Å². The van der Waals surface area contributed by atoms with E-state index >= 15 is 0 Å². The summed E-state index contributed by atoms with van der Waals surface area (Å²) in [5, 5.41) is 21.4. The van der Waals surface area contributed by atoms with Gasteiger partial charge in [0.1, 0.15) is 21.5 Å². The average molecular weight is 390 g/mol. The number of rotatable bonds is 3. The van der Waals surface area contributed by atoms with Gasteiger partial charge in [0.15, 0.2) is 10.4 Å². The molecular formula is C16H12ClN5OS2. The lowest BCUT2D eigenvalue weighted by molar-refractivity contribution is 0.102. The van der Waals surface area contributed by atoms with Gasteiger partial charge in [-0.15, -0.1) is 11.8 Å². The summed E-state index contributed by atoms with van der Waals surface area (Å²) in [5.74, 6) is -0.293. The van der Waals surface area contributed by atoms with E-state index in [-0.39, 0.29) is 17.0 Å². The summed E-state index contributed by atoms with van der Waals surface area (Å²) in [6, 6.07) is 8.83. The van der Waals surface area contributed by atoms with Crippen LogP contribution in [0.15, 0.2) is 29.3 Å². The van der Waals surface area contributed by atoms with Gasteiger partial charge in [-0.05, 0) is 37.4 Å². The van der Waals surface area contributed by atoms with Gasteiger partial charge >= 0.3 is 0 Å². The molecule has 0 fully saturated rings. The fourth-order valence-electron chi connectivity index (χ4n) is 2.33. The molecule has 3 aromatic rings. The molecule has 25 heavy (non-hydrogen) atoms. The number of nitrogens with one attached hydrogen (secondary N) is 2. The highest BCUT2D eigenvalue weighted by Crippen LogP contribution is 2.25. The van der Waals surface area contributed by atoms with Gasteiger partial charge in [0.05, 0.1) is 0 Å². The first-order valence-corrected chi connectivity index (χ1v) is 9.50. The Bertz CT molecular complexity index is 1080. The summed E-state index contributed by atoms with van der Waals surface area (Å²) in [4.78, 5) is 18.0. The van der Waals surface area contributed by atoms with Crippen LogP contribution in [0.3, 0.4) is 0 Å². The molecule has 0 aliphatic carbocycles. The maximum absolute atomic E-state index is 12.6. The maximum Gasteiger partial charge on any atom is 0.267 e. The van der Waals surface area contributed by atoms with Crippen molar-refractivity contribution in [3.8, 4) is 6.07 Å². The maximum atomic E-state index is 12.6. The van der Waals surface area contributed by atoms with E-state index in [4.69, 9.17) is 17.0 Å². The van der Waals surface area contributed by atoms with Gasteiger partial charge < -0.3 is 5.32 Å². The van der Waals surface area contributed by atoms with Crippen molar-refractivity contribution in [2.45, 2.75) is 11.9 Å². The molecule has 3 rings (SSSR count). The number of nitriles is 1. The quantitative estimate of drug-likeness (QED) is 0.527. The number of aryl methyl sites for hydroxylation is 1. The average Bonchev–Trinajstić information content (AvgIpc) is 2.93. The monoisotopic (exact) mass is 389 g/mol. The van der Waals surface area contributed by atoms with Gasteiger partial charge in [0.2, 0.25) is 0 Å². The van der Waals surface area contributed by atoms with Crippen LogP contribution in [-0.4, -0.2) is 21.5 Å². The molecule has 2 heterocycles. The highest BCUT2D eigenvalue weighted by molar-refractivity contribution is 7.98. The lowest BCUT2D eigenvalue weighted by Crippen LogP contribution is -2.20. The minimum absolute atomic E-state index is 0.0381. The number of hydrogen-bond donors (Lipinski definition) is 2. The third-order valence-corrected chi connectivity index (χ3v) is 5.61. The van der Waals surface area contributed by atoms with E-state index in [1.54, 1.807) is 37.4 Å². The van der Waals surface area contributed by atoms with E-state index in [2.05, 4.69) is 10.3 Å². The fourth-order valence-corrected chi connectivity index (χ4v) is 4.06. The summed E-state index contributed by atoms with van der Waals surface area (Å²) in [6.07, 6.45) is 1.80. The molecule has 0 aliphatic heterocycles. The van der Waals surface area contributed by atoms with Crippen LogP contribution in [0.4, 0.5) is 5.69 Å². The fraction of sp³-hybridized carbons (Fsp3) is 0.125. The van der Waals surface area contributed by atoms with E-state index in [0.29, 0.717) is 31.3 Å². The number of fused-ring (bicyclic) bond motifs is 1. The molecule has 1 aromatic carbocycles. The minimum Gasteiger partial charge on any atom is -0.321 e. The van der Waals surface area contributed by atoms with Crippen molar-refractivity contribution in [2.75, 3.05) is 11.6 Å². The van der Waals surface area contributed by atoms with Crippen molar-refractivity contribution in [1.82, 2.24) is 9.38 Å². The second-order valence-corrected chi connectivity index (χ2v) is 7.26. The number of nitrogens with zero attached hydrogens (tertiary/aromatic N) is 3. The number of hydrogen-bond acceptors (Lipinski definition) is 6. The van der Waals surface area contributed by atoms with Crippen molar-refractivity contribution in [1.29, 1.82) is 10.7 Å². The molecule has 0 aliphatic rings. The topological polar surface area (TPSA) is 94.0 Å². The van der Waals surface area contributed by atoms with Crippen LogP contribution in [-0.2, 0) is 0 Å². The molecule has 0 saturated carbocycles. The molecule has 2 aromatic heterocycles. The predicted octanol–water partition coefficient (Wildman–Crippen LogP) is 3.68. The zero-order valence-electron chi connectivity index (χ0n) is 13.3. The van der Waals surface area contributed by atoms with Gasteiger partial charge in [-0.1, -0.05) is 22.9 Å². The van der Waals surface area contributed by atoms with Gasteiger partial charge in [0, 0.05) is 16.4 Å². The summed E-state index contributed by atoms with van der Waals surface area (Å²) in [7, 11) is 0. The molecule has 6 nitrogen and oxygen atoms in total. The molecule has 0 atom stereocenters. The highest BCUT2D eigenvalue weighted by Gasteiger charge is 2.20. The number of halogens is 1. The Labute approximate surface area is 156 Å². The molecular weight excluding hydrogens is 378 g/mol. The number of carbonyl (C=O) groups is 1. The normalized spacial score (nSPS) is 10.6. The minimum atomic E-state index is -0.293. The van der Waals surface area contributed by atoms with Crippen LogP contribution in [0.25, 0.3) is 4.96 Å². The Hall–Kier alpha value is -2.34. The summed E-state index contributed by atoms with van der Waals surface area (Å²) in [5.41, 5.74) is 1.44. The van der Waals surface area contributed by atoms with Crippen LogP contribution in [0.1, 0.15) is 20.9 Å². The lowest BCUT2D eigenvalue weighted by Gasteiger charge is -2.05. The van der Waals surface area contributed by atoms with Crippen molar-refractivity contribution in [3.05, 3.63) is 50.9 Å². The molecule has 1 amide bonds. The molecule has 0 radical (unpaired) electrons. The van der Waals surface area contributed by atoms with Crippen LogP contribution in [0.2, 0.25) is 5.02 Å². The van der Waals surface area contributed by atoms with Gasteiger partial charge in [0.25, 0.3) is 5.91 Å². The van der Waals surface area contributed by atoms with Gasteiger partial charge in [-0.2, -0.15) is 5.26 Å². The van der Waals surface area contributed by atoms with E-state index in [1.807, 2.05) is 6.07 Å². The molecule has 0 spiro atoms. The van der Waals surface area contributed by atoms with Crippen molar-refractivity contribution >= 4 is 51.3 Å². The summed E-state index contributed by atoms with van der Waals surface area (Å²) >= 11 is 8.34. The Morgan fingerprint density at radius 2 is 2.12 bits per heavy atom. The van der Waals surface area contributed by atoms with E-state index < -0.39 is 0 Å². The number of amides is 1. The van der Waals surface area contributed by atoms with Crippen LogP contribution < -0.4 is 10.8 Å². The Balaban J connectivity index is 2.08. The van der Waals surface area contributed by atoms with Gasteiger partial charge in [-0.25, -0.2) is 4.98 Å². The Morgan fingerprint density at radius 1 is 1.44 bits per heavy atom. The first kappa shape index (κ1) is 17.5. The standard InChI is InChI=1S/C16H12ClN5OS2/c1-8-12(14(23)20-10-5-3-9(17)4-6-10)25-16-21-15(24-2)11(7-18)13(19)22(8)16/h3-6,19H,1-2H3,(H,20,23). The van der Waals surface area contributed by atoms with Crippen LogP contribution in [0, 0.1) is 23.7 Å². The SMILES string of the molecule is CSc1nc2sc(C(=O)Nc3ccc(Cl)cc3)c(C)n2c(=N)c1C#N. The number of thioether (sulfide) groups is 1. The number of benzene rings is 1. The number of anilines is 1. The second kappa shape index (κ2) is 6.88. The number of carbonyl (C=O) groups excluding carboxylic acids is 1. The van der Waals surface area contributed by atoms with Crippen molar-refractivity contribution < 1.29 is 4.79 Å². The molecule has 126 valence electrons. The molecule has 0 unspecified atom stereocenters. The smallest absolute Gasteiger partial charge is 0.267 e. The summed E-state index contributed by atoms with van der Waals surface area (Å²) in [6.45, 7) is 1.74. The number of aromatic nitrogens is 2. The lowest BCUT2D eigenvalue weighted by atomic mass is 10.3. The first-order valence-electron chi connectivity index (χ1n) is 7.08. The zero-order chi connectivity index (χ0) is 18.1. The molecule has 9 heteroatoms. The molecule has 0 bridgehead atoms. The largest absolute Gasteiger partial charge is 0.321 e.